The highest BCUT2D eigenvalue weighted by molar-refractivity contribution is 5.90. The molecule has 27 heavy (non-hydrogen) atoms. The van der Waals surface area contributed by atoms with Gasteiger partial charge in [0.2, 0.25) is 17.5 Å². The summed E-state index contributed by atoms with van der Waals surface area (Å²) in [6.07, 6.45) is 7.12. The van der Waals surface area contributed by atoms with Gasteiger partial charge in [-0.05, 0) is 43.7 Å². The van der Waals surface area contributed by atoms with Gasteiger partial charge in [-0.3, -0.25) is 9.59 Å². The van der Waals surface area contributed by atoms with Crippen LogP contribution in [0.5, 0.6) is 0 Å². The summed E-state index contributed by atoms with van der Waals surface area (Å²) in [7, 11) is 0. The van der Waals surface area contributed by atoms with Gasteiger partial charge in [-0.15, -0.1) is 0 Å². The van der Waals surface area contributed by atoms with E-state index in [1.165, 1.54) is 0 Å². The summed E-state index contributed by atoms with van der Waals surface area (Å²) >= 11 is 0. The Kier molecular flexibility index (Phi) is 4.72. The number of carbonyl (C=O) groups excluding carboxylic acids is 2. The van der Waals surface area contributed by atoms with Crippen LogP contribution in [0.1, 0.15) is 44.9 Å². The van der Waals surface area contributed by atoms with E-state index in [1.807, 2.05) is 12.1 Å². The van der Waals surface area contributed by atoms with Gasteiger partial charge in [0.25, 0.3) is 6.01 Å². The number of hydrogen-bond acceptors (Lipinski definition) is 6. The molecule has 3 heterocycles. The Labute approximate surface area is 157 Å². The van der Waals surface area contributed by atoms with E-state index < -0.39 is 11.4 Å². The van der Waals surface area contributed by atoms with Crippen LogP contribution in [0.2, 0.25) is 0 Å². The molecular weight excluding hydrogens is 346 g/mol. The van der Waals surface area contributed by atoms with E-state index in [4.69, 9.17) is 10.2 Å². The van der Waals surface area contributed by atoms with E-state index >= 15 is 0 Å². The third kappa shape index (κ3) is 3.61. The standard InChI is InChI=1S/C19H25N5O3/c20-17(26)19(7-1-2-8-19)23-15(25)11-13-5-4-10-24(12-13)18-22-16-14(27-18)6-3-9-21-16/h3,6,9,13H,1-2,4-5,7-8,10-12H2,(H2,20,26)(H,23,25). The van der Waals surface area contributed by atoms with Crippen molar-refractivity contribution in [2.75, 3.05) is 18.0 Å². The normalized spacial score (nSPS) is 22.1. The van der Waals surface area contributed by atoms with E-state index in [2.05, 4.69) is 20.2 Å². The first-order chi connectivity index (χ1) is 13.1. The molecule has 1 saturated heterocycles. The molecule has 2 amide bonds. The second-order valence-corrected chi connectivity index (χ2v) is 7.68. The molecule has 3 N–H and O–H groups in total. The zero-order valence-electron chi connectivity index (χ0n) is 15.3. The van der Waals surface area contributed by atoms with Crippen molar-refractivity contribution in [3.63, 3.8) is 0 Å². The van der Waals surface area contributed by atoms with Crippen molar-refractivity contribution in [1.82, 2.24) is 15.3 Å². The molecule has 0 radical (unpaired) electrons. The number of anilines is 1. The number of nitrogens with zero attached hydrogens (tertiary/aromatic N) is 3. The zero-order chi connectivity index (χ0) is 18.9. The maximum Gasteiger partial charge on any atom is 0.299 e. The monoisotopic (exact) mass is 371 g/mol. The van der Waals surface area contributed by atoms with Crippen LogP contribution < -0.4 is 16.0 Å². The Hall–Kier alpha value is -2.64. The molecule has 1 aliphatic carbocycles. The number of hydrogen-bond donors (Lipinski definition) is 2. The summed E-state index contributed by atoms with van der Waals surface area (Å²) in [6.45, 7) is 1.54. The molecule has 0 aromatic carbocycles. The minimum atomic E-state index is -0.850. The average molecular weight is 371 g/mol. The summed E-state index contributed by atoms with van der Waals surface area (Å²) < 4.78 is 5.81. The maximum atomic E-state index is 12.6. The highest BCUT2D eigenvalue weighted by Gasteiger charge is 2.41. The first kappa shape index (κ1) is 17.8. The third-order valence-corrected chi connectivity index (χ3v) is 5.72. The van der Waals surface area contributed by atoms with Gasteiger partial charge < -0.3 is 20.4 Å². The molecule has 4 rings (SSSR count). The van der Waals surface area contributed by atoms with Gasteiger partial charge in [0.15, 0.2) is 5.58 Å². The van der Waals surface area contributed by atoms with Gasteiger partial charge in [0.05, 0.1) is 0 Å². The highest BCUT2D eigenvalue weighted by Crippen LogP contribution is 2.31. The largest absolute Gasteiger partial charge is 0.422 e. The second kappa shape index (κ2) is 7.17. The lowest BCUT2D eigenvalue weighted by molar-refractivity contribution is -0.132. The van der Waals surface area contributed by atoms with Crippen molar-refractivity contribution >= 4 is 29.1 Å². The lowest BCUT2D eigenvalue weighted by Gasteiger charge is -2.32. The van der Waals surface area contributed by atoms with Crippen LogP contribution >= 0.6 is 0 Å². The second-order valence-electron chi connectivity index (χ2n) is 7.68. The molecule has 2 aliphatic rings. The predicted molar refractivity (Wildman–Crippen MR) is 99.9 cm³/mol. The number of rotatable bonds is 5. The molecule has 1 aliphatic heterocycles. The van der Waals surface area contributed by atoms with Crippen LogP contribution in [0.3, 0.4) is 0 Å². The van der Waals surface area contributed by atoms with Crippen molar-refractivity contribution in [3.8, 4) is 0 Å². The van der Waals surface area contributed by atoms with Crippen molar-refractivity contribution in [1.29, 1.82) is 0 Å². The Bertz CT molecular complexity index is 810. The molecule has 8 nitrogen and oxygen atoms in total. The zero-order valence-corrected chi connectivity index (χ0v) is 15.3. The SMILES string of the molecule is NC(=O)C1(NC(=O)CC2CCCN(c3nc4ncccc4o3)C2)CCCC1. The number of nitrogens with one attached hydrogen (secondary N) is 1. The molecule has 2 aromatic heterocycles. The van der Waals surface area contributed by atoms with Gasteiger partial charge in [-0.1, -0.05) is 12.8 Å². The third-order valence-electron chi connectivity index (χ3n) is 5.72. The fraction of sp³-hybridized carbons (Fsp3) is 0.579. The van der Waals surface area contributed by atoms with Gasteiger partial charge in [-0.2, -0.15) is 4.98 Å². The lowest BCUT2D eigenvalue weighted by atomic mass is 9.92. The number of amides is 2. The Morgan fingerprint density at radius 2 is 2.15 bits per heavy atom. The smallest absolute Gasteiger partial charge is 0.299 e. The summed E-state index contributed by atoms with van der Waals surface area (Å²) in [6, 6.07) is 4.22. The van der Waals surface area contributed by atoms with E-state index in [-0.39, 0.29) is 11.8 Å². The van der Waals surface area contributed by atoms with Crippen molar-refractivity contribution in [3.05, 3.63) is 18.3 Å². The Morgan fingerprint density at radius 3 is 2.89 bits per heavy atom. The predicted octanol–water partition coefficient (Wildman–Crippen LogP) is 1.74. The Balaban J connectivity index is 1.39. The van der Waals surface area contributed by atoms with Gasteiger partial charge in [0.1, 0.15) is 5.54 Å². The summed E-state index contributed by atoms with van der Waals surface area (Å²) in [4.78, 5) is 35.2. The minimum Gasteiger partial charge on any atom is -0.422 e. The summed E-state index contributed by atoms with van der Waals surface area (Å²) in [5.74, 6) is -0.326. The molecule has 1 atom stereocenters. The van der Waals surface area contributed by atoms with Gasteiger partial charge in [-0.25, -0.2) is 4.98 Å². The average Bonchev–Trinajstić information content (AvgIpc) is 3.29. The van der Waals surface area contributed by atoms with Crippen molar-refractivity contribution < 1.29 is 14.0 Å². The number of piperidine rings is 1. The van der Waals surface area contributed by atoms with Gasteiger partial charge >= 0.3 is 0 Å². The van der Waals surface area contributed by atoms with E-state index in [1.54, 1.807) is 6.20 Å². The van der Waals surface area contributed by atoms with Crippen molar-refractivity contribution in [2.45, 2.75) is 50.5 Å². The molecule has 144 valence electrons. The van der Waals surface area contributed by atoms with Crippen LogP contribution in [0.15, 0.2) is 22.7 Å². The molecular formula is C19H25N5O3. The summed E-state index contributed by atoms with van der Waals surface area (Å²) in [5.41, 5.74) is 5.97. The van der Waals surface area contributed by atoms with E-state index in [0.717, 1.165) is 32.2 Å². The van der Waals surface area contributed by atoms with Crippen LogP contribution in [0, 0.1) is 5.92 Å². The first-order valence-electron chi connectivity index (χ1n) is 9.63. The molecule has 0 bridgehead atoms. The number of carbonyl (C=O) groups is 2. The fourth-order valence-corrected chi connectivity index (χ4v) is 4.29. The molecule has 8 heteroatoms. The summed E-state index contributed by atoms with van der Waals surface area (Å²) in [5, 5.41) is 2.93. The molecule has 1 unspecified atom stereocenters. The van der Waals surface area contributed by atoms with Gasteiger partial charge in [0, 0.05) is 25.7 Å². The minimum absolute atomic E-state index is 0.0956. The van der Waals surface area contributed by atoms with Crippen LogP contribution in [0.25, 0.3) is 11.2 Å². The van der Waals surface area contributed by atoms with Crippen molar-refractivity contribution in [2.24, 2.45) is 11.7 Å². The number of oxazole rings is 1. The molecule has 2 aromatic rings. The van der Waals surface area contributed by atoms with E-state index in [0.29, 0.717) is 43.1 Å². The molecule has 2 fully saturated rings. The molecule has 1 saturated carbocycles. The topological polar surface area (TPSA) is 114 Å². The fourth-order valence-electron chi connectivity index (χ4n) is 4.29. The van der Waals surface area contributed by atoms with Crippen LogP contribution in [-0.2, 0) is 9.59 Å². The number of fused-ring (bicyclic) bond motifs is 1. The number of primary amides is 1. The lowest BCUT2D eigenvalue weighted by Crippen LogP contribution is -2.56. The first-order valence-corrected chi connectivity index (χ1v) is 9.63. The number of aromatic nitrogens is 2. The quantitative estimate of drug-likeness (QED) is 0.827. The molecule has 0 spiro atoms. The van der Waals surface area contributed by atoms with Crippen LogP contribution in [-0.4, -0.2) is 40.4 Å². The highest BCUT2D eigenvalue weighted by atomic mass is 16.4. The van der Waals surface area contributed by atoms with E-state index in [9.17, 15) is 9.59 Å². The maximum absolute atomic E-state index is 12.6. The Morgan fingerprint density at radius 1 is 1.33 bits per heavy atom. The number of nitrogens with two attached hydrogens (primary N) is 1. The van der Waals surface area contributed by atoms with Crippen LogP contribution in [0.4, 0.5) is 6.01 Å². The number of pyridine rings is 1.